The monoisotopic (exact) mass is 454 g/mol. The fourth-order valence-corrected chi connectivity index (χ4v) is 4.32. The van der Waals surface area contributed by atoms with Gasteiger partial charge in [-0.2, -0.15) is 13.2 Å². The number of ether oxygens (including phenoxy) is 1. The normalized spacial score (nSPS) is 20.9. The highest BCUT2D eigenvalue weighted by atomic mass is 19.4. The van der Waals surface area contributed by atoms with E-state index < -0.39 is 29.6 Å². The van der Waals surface area contributed by atoms with Gasteiger partial charge in [0.05, 0.1) is 17.9 Å². The Labute approximate surface area is 185 Å². The average Bonchev–Trinajstić information content (AvgIpc) is 3.51. The number of benzene rings is 1. The summed E-state index contributed by atoms with van der Waals surface area (Å²) in [4.78, 5) is 28.3. The summed E-state index contributed by atoms with van der Waals surface area (Å²) in [6, 6.07) is 3.23. The summed E-state index contributed by atoms with van der Waals surface area (Å²) in [5.74, 6) is -0.360. The van der Waals surface area contributed by atoms with Crippen LogP contribution < -0.4 is 16.0 Å². The molecule has 1 heterocycles. The molecule has 0 aromatic heterocycles. The van der Waals surface area contributed by atoms with Crippen molar-refractivity contribution in [2.24, 2.45) is 11.7 Å². The molecule has 2 amide bonds. The zero-order chi connectivity index (χ0) is 22.9. The number of nitrogens with two attached hydrogens (primary N) is 1. The standard InChI is InChI=1S/C22H29F3N4O3/c23-22(24,25)17-10-15(6-7-18(17)28-8-9-32-13-20(28)30)27-21(31)19(11-26)29(12-14-4-5-14)16-2-1-3-16/h6-7,10,14,16,19H,1-5,8-9,11-13,26H2,(H,27,31)/t19-/m1/s1. The van der Waals surface area contributed by atoms with Crippen LogP contribution in [0.25, 0.3) is 0 Å². The number of rotatable bonds is 8. The third kappa shape index (κ3) is 5.07. The second kappa shape index (κ2) is 9.36. The first-order valence-electron chi connectivity index (χ1n) is 11.1. The molecule has 2 aliphatic carbocycles. The molecule has 1 saturated heterocycles. The Morgan fingerprint density at radius 2 is 2.03 bits per heavy atom. The zero-order valence-electron chi connectivity index (χ0n) is 17.9. The Morgan fingerprint density at radius 1 is 1.28 bits per heavy atom. The van der Waals surface area contributed by atoms with Crippen molar-refractivity contribution < 1.29 is 27.5 Å². The smallest absolute Gasteiger partial charge is 0.370 e. The van der Waals surface area contributed by atoms with Crippen LogP contribution in [0, 0.1) is 5.92 Å². The van der Waals surface area contributed by atoms with Gasteiger partial charge in [-0.05, 0) is 49.8 Å². The number of carbonyl (C=O) groups is 2. The maximum atomic E-state index is 13.8. The number of nitrogens with zero attached hydrogens (tertiary/aromatic N) is 2. The summed E-state index contributed by atoms with van der Waals surface area (Å²) in [6.07, 6.45) is 0.721. The molecule has 7 nitrogen and oxygen atoms in total. The minimum atomic E-state index is -4.69. The van der Waals surface area contributed by atoms with Crippen molar-refractivity contribution in [1.82, 2.24) is 4.90 Å². The van der Waals surface area contributed by atoms with Crippen LogP contribution in [-0.2, 0) is 20.5 Å². The topological polar surface area (TPSA) is 87.9 Å². The highest BCUT2D eigenvalue weighted by molar-refractivity contribution is 5.98. The molecule has 1 aromatic rings. The van der Waals surface area contributed by atoms with Gasteiger partial charge in [-0.1, -0.05) is 6.42 Å². The number of amides is 2. The first kappa shape index (κ1) is 23.0. The van der Waals surface area contributed by atoms with Crippen molar-refractivity contribution in [2.75, 3.05) is 43.1 Å². The van der Waals surface area contributed by atoms with Crippen LogP contribution in [0.1, 0.15) is 37.7 Å². The summed E-state index contributed by atoms with van der Waals surface area (Å²) >= 11 is 0. The van der Waals surface area contributed by atoms with Gasteiger partial charge >= 0.3 is 6.18 Å². The number of halogens is 3. The molecule has 3 aliphatic rings. The Kier molecular flexibility index (Phi) is 6.73. The molecule has 0 unspecified atom stereocenters. The number of hydrogen-bond acceptors (Lipinski definition) is 5. The molecular formula is C22H29F3N4O3. The number of alkyl halides is 3. The molecule has 32 heavy (non-hydrogen) atoms. The first-order chi connectivity index (χ1) is 15.3. The number of morpholine rings is 1. The molecule has 0 radical (unpaired) electrons. The van der Waals surface area contributed by atoms with Crippen LogP contribution in [0.4, 0.5) is 24.5 Å². The highest BCUT2D eigenvalue weighted by Crippen LogP contribution is 2.39. The first-order valence-corrected chi connectivity index (χ1v) is 11.1. The van der Waals surface area contributed by atoms with E-state index >= 15 is 0 Å². The van der Waals surface area contributed by atoms with E-state index in [0.717, 1.165) is 49.6 Å². The van der Waals surface area contributed by atoms with E-state index in [-0.39, 0.29) is 37.7 Å². The van der Waals surface area contributed by atoms with E-state index in [9.17, 15) is 22.8 Å². The number of nitrogens with one attached hydrogen (secondary N) is 1. The summed E-state index contributed by atoms with van der Waals surface area (Å²) < 4.78 is 46.4. The number of anilines is 2. The van der Waals surface area contributed by atoms with Gasteiger partial charge in [0.15, 0.2) is 0 Å². The predicted octanol–water partition coefficient (Wildman–Crippen LogP) is 2.60. The van der Waals surface area contributed by atoms with Gasteiger partial charge in [-0.25, -0.2) is 0 Å². The zero-order valence-corrected chi connectivity index (χ0v) is 17.9. The van der Waals surface area contributed by atoms with Crippen molar-refractivity contribution in [1.29, 1.82) is 0 Å². The molecule has 0 bridgehead atoms. The molecule has 0 spiro atoms. The van der Waals surface area contributed by atoms with Crippen molar-refractivity contribution in [3.63, 3.8) is 0 Å². The van der Waals surface area contributed by atoms with Crippen LogP contribution in [0.5, 0.6) is 0 Å². The van der Waals surface area contributed by atoms with Gasteiger partial charge in [-0.15, -0.1) is 0 Å². The Bertz CT molecular complexity index is 855. The van der Waals surface area contributed by atoms with E-state index in [2.05, 4.69) is 10.2 Å². The Hall–Kier alpha value is -2.17. The third-order valence-electron chi connectivity index (χ3n) is 6.48. The van der Waals surface area contributed by atoms with Gasteiger partial charge in [-0.3, -0.25) is 14.5 Å². The summed E-state index contributed by atoms with van der Waals surface area (Å²) in [5, 5.41) is 2.64. The lowest BCUT2D eigenvalue weighted by atomic mass is 9.89. The van der Waals surface area contributed by atoms with Crippen LogP contribution >= 0.6 is 0 Å². The second-order valence-corrected chi connectivity index (χ2v) is 8.79. The molecule has 10 heteroatoms. The Balaban J connectivity index is 1.54. The molecule has 1 aromatic carbocycles. The number of carbonyl (C=O) groups excluding carboxylic acids is 2. The molecule has 2 saturated carbocycles. The molecule has 176 valence electrons. The maximum Gasteiger partial charge on any atom is 0.418 e. The summed E-state index contributed by atoms with van der Waals surface area (Å²) in [6.45, 7) is 0.845. The van der Waals surface area contributed by atoms with Crippen molar-refractivity contribution >= 4 is 23.2 Å². The molecule has 1 atom stereocenters. The fraction of sp³-hybridized carbons (Fsp3) is 0.636. The molecule has 3 N–H and O–H groups in total. The average molecular weight is 454 g/mol. The van der Waals surface area contributed by atoms with E-state index in [0.29, 0.717) is 12.0 Å². The lowest BCUT2D eigenvalue weighted by molar-refractivity contribution is -0.137. The maximum absolute atomic E-state index is 13.8. The highest BCUT2D eigenvalue weighted by Gasteiger charge is 2.39. The molecular weight excluding hydrogens is 425 g/mol. The lowest BCUT2D eigenvalue weighted by Gasteiger charge is -2.41. The predicted molar refractivity (Wildman–Crippen MR) is 113 cm³/mol. The second-order valence-electron chi connectivity index (χ2n) is 8.79. The van der Waals surface area contributed by atoms with Crippen LogP contribution in [0.2, 0.25) is 0 Å². The van der Waals surface area contributed by atoms with Crippen molar-refractivity contribution in [3.05, 3.63) is 23.8 Å². The third-order valence-corrected chi connectivity index (χ3v) is 6.48. The van der Waals surface area contributed by atoms with Crippen molar-refractivity contribution in [2.45, 2.75) is 50.4 Å². The minimum Gasteiger partial charge on any atom is -0.370 e. The van der Waals surface area contributed by atoms with Crippen LogP contribution in [0.3, 0.4) is 0 Å². The van der Waals surface area contributed by atoms with Gasteiger partial charge < -0.3 is 20.7 Å². The number of hydrogen-bond donors (Lipinski definition) is 2. The van der Waals surface area contributed by atoms with Gasteiger partial charge in [0.1, 0.15) is 12.6 Å². The van der Waals surface area contributed by atoms with Crippen molar-refractivity contribution in [3.8, 4) is 0 Å². The van der Waals surface area contributed by atoms with Crippen LogP contribution in [0.15, 0.2) is 18.2 Å². The van der Waals surface area contributed by atoms with Gasteiger partial charge in [0, 0.05) is 31.4 Å². The largest absolute Gasteiger partial charge is 0.418 e. The van der Waals surface area contributed by atoms with Gasteiger partial charge in [0.25, 0.3) is 5.91 Å². The van der Waals surface area contributed by atoms with E-state index in [1.54, 1.807) is 0 Å². The quantitative estimate of drug-likeness (QED) is 0.631. The SMILES string of the molecule is NC[C@H](C(=O)Nc1ccc(N2CCOCC2=O)c(C(F)(F)F)c1)N(CC1CC1)C1CCC1. The molecule has 4 rings (SSSR count). The van der Waals surface area contributed by atoms with Gasteiger partial charge in [0.2, 0.25) is 5.91 Å². The molecule has 3 fully saturated rings. The van der Waals surface area contributed by atoms with Crippen LogP contribution in [-0.4, -0.2) is 61.6 Å². The summed E-state index contributed by atoms with van der Waals surface area (Å²) in [7, 11) is 0. The van der Waals surface area contributed by atoms with E-state index in [4.69, 9.17) is 10.5 Å². The molecule has 1 aliphatic heterocycles. The fourth-order valence-electron chi connectivity index (χ4n) is 4.32. The lowest BCUT2D eigenvalue weighted by Crippen LogP contribution is -2.55. The summed E-state index contributed by atoms with van der Waals surface area (Å²) in [5.41, 5.74) is 4.77. The Morgan fingerprint density at radius 3 is 2.59 bits per heavy atom. The van der Waals surface area contributed by atoms with E-state index in [1.807, 2.05) is 0 Å². The van der Waals surface area contributed by atoms with E-state index in [1.165, 1.54) is 12.1 Å². The minimum absolute atomic E-state index is 0.0326.